The highest BCUT2D eigenvalue weighted by atomic mass is 32.2. The Morgan fingerprint density at radius 1 is 1.50 bits per heavy atom. The Morgan fingerprint density at radius 2 is 2.28 bits per heavy atom. The highest BCUT2D eigenvalue weighted by molar-refractivity contribution is 7.89. The van der Waals surface area contributed by atoms with Gasteiger partial charge in [0.25, 0.3) is 0 Å². The summed E-state index contributed by atoms with van der Waals surface area (Å²) in [6.45, 7) is 1.28. The predicted octanol–water partition coefficient (Wildman–Crippen LogP) is 1.65. The van der Waals surface area contributed by atoms with Crippen LogP contribution in [-0.4, -0.2) is 38.1 Å². The summed E-state index contributed by atoms with van der Waals surface area (Å²) in [7, 11) is -1.27. The third kappa shape index (κ3) is 3.78. The van der Waals surface area contributed by atoms with Gasteiger partial charge in [-0.3, -0.25) is 0 Å². The molecule has 4 nitrogen and oxygen atoms in total. The van der Waals surface area contributed by atoms with Gasteiger partial charge < -0.3 is 5.32 Å². The molecule has 0 spiro atoms. The van der Waals surface area contributed by atoms with Gasteiger partial charge in [-0.2, -0.15) is 15.6 Å². The zero-order valence-corrected chi connectivity index (χ0v) is 12.3. The van der Waals surface area contributed by atoms with Gasteiger partial charge >= 0.3 is 0 Å². The van der Waals surface area contributed by atoms with E-state index in [9.17, 15) is 8.42 Å². The molecule has 1 N–H and O–H groups in total. The zero-order valence-electron chi connectivity index (χ0n) is 10.6. The third-order valence-electron chi connectivity index (χ3n) is 3.06. The molecule has 1 saturated carbocycles. The van der Waals surface area contributed by atoms with Crippen molar-refractivity contribution in [3.05, 3.63) is 22.4 Å². The highest BCUT2D eigenvalue weighted by Crippen LogP contribution is 2.31. The molecule has 0 unspecified atom stereocenters. The maximum Gasteiger partial charge on any atom is 0.214 e. The van der Waals surface area contributed by atoms with Crippen LogP contribution < -0.4 is 5.32 Å². The maximum atomic E-state index is 12.3. The normalized spacial score (nSPS) is 16.3. The van der Waals surface area contributed by atoms with Crippen molar-refractivity contribution in [1.82, 2.24) is 9.62 Å². The van der Waals surface area contributed by atoms with Crippen molar-refractivity contribution in [1.29, 1.82) is 0 Å². The summed E-state index contributed by atoms with van der Waals surface area (Å²) in [6.07, 6.45) is 2.69. The van der Waals surface area contributed by atoms with Crippen molar-refractivity contribution < 1.29 is 8.42 Å². The monoisotopic (exact) mass is 288 g/mol. The molecule has 6 heteroatoms. The minimum Gasteiger partial charge on any atom is -0.320 e. The van der Waals surface area contributed by atoms with Crippen molar-refractivity contribution in [2.45, 2.75) is 31.8 Å². The number of nitrogens with zero attached hydrogens (tertiary/aromatic N) is 1. The van der Waals surface area contributed by atoms with E-state index in [0.29, 0.717) is 13.0 Å². The van der Waals surface area contributed by atoms with Crippen LogP contribution in [0.4, 0.5) is 0 Å². The molecule has 1 aliphatic carbocycles. The average molecular weight is 288 g/mol. The van der Waals surface area contributed by atoms with Gasteiger partial charge in [-0.05, 0) is 55.2 Å². The second-order valence-corrected chi connectivity index (χ2v) is 7.50. The fourth-order valence-electron chi connectivity index (χ4n) is 1.93. The lowest BCUT2D eigenvalue weighted by molar-refractivity contribution is 0.398. The first-order chi connectivity index (χ1) is 8.63. The topological polar surface area (TPSA) is 49.4 Å². The molecule has 1 heterocycles. The van der Waals surface area contributed by atoms with Crippen molar-refractivity contribution in [2.75, 3.05) is 19.3 Å². The van der Waals surface area contributed by atoms with Crippen molar-refractivity contribution in [3.63, 3.8) is 0 Å². The first kappa shape index (κ1) is 14.0. The van der Waals surface area contributed by atoms with E-state index in [-0.39, 0.29) is 11.8 Å². The summed E-state index contributed by atoms with van der Waals surface area (Å²) < 4.78 is 26.3. The fourth-order valence-corrected chi connectivity index (χ4v) is 4.34. The second-order valence-electron chi connectivity index (χ2n) is 4.68. The Kier molecular flexibility index (Phi) is 4.77. The molecule has 0 aliphatic heterocycles. The number of nitrogens with one attached hydrogen (secondary N) is 1. The van der Waals surface area contributed by atoms with Crippen molar-refractivity contribution >= 4 is 21.4 Å². The van der Waals surface area contributed by atoms with Crippen LogP contribution in [0.1, 0.15) is 24.8 Å². The number of rotatable bonds is 8. The SMILES string of the molecule is CNCCCS(=O)(=O)N(Cc1ccsc1)C1CC1. The molecule has 1 fully saturated rings. The van der Waals surface area contributed by atoms with Crippen molar-refractivity contribution in [2.24, 2.45) is 0 Å². The Balaban J connectivity index is 2.00. The Bertz CT molecular complexity index is 452. The van der Waals surface area contributed by atoms with E-state index < -0.39 is 10.0 Å². The lowest BCUT2D eigenvalue weighted by Crippen LogP contribution is -2.35. The lowest BCUT2D eigenvalue weighted by Gasteiger charge is -2.21. The second kappa shape index (κ2) is 6.14. The molecule has 0 amide bonds. The van der Waals surface area contributed by atoms with E-state index in [1.165, 1.54) is 0 Å². The molecular weight excluding hydrogens is 268 g/mol. The van der Waals surface area contributed by atoms with Crippen LogP contribution in [-0.2, 0) is 16.6 Å². The largest absolute Gasteiger partial charge is 0.320 e. The summed E-state index contributed by atoms with van der Waals surface area (Å²) in [6, 6.07) is 2.24. The van der Waals surface area contributed by atoms with E-state index in [1.54, 1.807) is 15.6 Å². The third-order valence-corrected chi connectivity index (χ3v) is 5.74. The van der Waals surface area contributed by atoms with Gasteiger partial charge in [0.15, 0.2) is 0 Å². The van der Waals surface area contributed by atoms with Crippen LogP contribution in [0.3, 0.4) is 0 Å². The van der Waals surface area contributed by atoms with E-state index >= 15 is 0 Å². The lowest BCUT2D eigenvalue weighted by atomic mass is 10.3. The van der Waals surface area contributed by atoms with Crippen LogP contribution in [0.25, 0.3) is 0 Å². The van der Waals surface area contributed by atoms with Gasteiger partial charge in [0.05, 0.1) is 5.75 Å². The molecule has 102 valence electrons. The molecule has 1 aliphatic rings. The Morgan fingerprint density at radius 3 is 2.83 bits per heavy atom. The summed E-state index contributed by atoms with van der Waals surface area (Å²) in [4.78, 5) is 0. The molecule has 0 bridgehead atoms. The minimum absolute atomic E-state index is 0.240. The molecular formula is C12H20N2O2S2. The van der Waals surface area contributed by atoms with Crippen LogP contribution in [0.2, 0.25) is 0 Å². The number of sulfonamides is 1. The summed E-state index contributed by atoms with van der Waals surface area (Å²) in [5.41, 5.74) is 1.10. The van der Waals surface area contributed by atoms with E-state index in [4.69, 9.17) is 0 Å². The summed E-state index contributed by atoms with van der Waals surface area (Å²) in [5, 5.41) is 7.01. The fraction of sp³-hybridized carbons (Fsp3) is 0.667. The van der Waals surface area contributed by atoms with Gasteiger partial charge in [-0.25, -0.2) is 8.42 Å². The van der Waals surface area contributed by atoms with Crippen LogP contribution in [0.15, 0.2) is 16.8 Å². The molecule has 0 atom stereocenters. The smallest absolute Gasteiger partial charge is 0.214 e. The average Bonchev–Trinajstić information content (AvgIpc) is 3.03. The van der Waals surface area contributed by atoms with E-state index in [1.807, 2.05) is 23.9 Å². The van der Waals surface area contributed by atoms with E-state index in [2.05, 4.69) is 5.32 Å². The highest BCUT2D eigenvalue weighted by Gasteiger charge is 2.36. The molecule has 2 rings (SSSR count). The molecule has 0 saturated heterocycles. The maximum absolute atomic E-state index is 12.3. The Hall–Kier alpha value is -0.430. The van der Waals surface area contributed by atoms with Crippen LogP contribution in [0.5, 0.6) is 0 Å². The van der Waals surface area contributed by atoms with E-state index in [0.717, 1.165) is 24.9 Å². The van der Waals surface area contributed by atoms with Crippen LogP contribution >= 0.6 is 11.3 Å². The first-order valence-electron chi connectivity index (χ1n) is 6.28. The van der Waals surface area contributed by atoms with Gasteiger partial charge in [0.1, 0.15) is 0 Å². The molecule has 1 aromatic heterocycles. The van der Waals surface area contributed by atoms with Gasteiger partial charge in [0, 0.05) is 12.6 Å². The molecule has 0 radical (unpaired) electrons. The molecule has 0 aromatic carbocycles. The first-order valence-corrected chi connectivity index (χ1v) is 8.84. The Labute approximate surface area is 113 Å². The van der Waals surface area contributed by atoms with Gasteiger partial charge in [0.2, 0.25) is 10.0 Å². The predicted molar refractivity (Wildman–Crippen MR) is 75.2 cm³/mol. The quantitative estimate of drug-likeness (QED) is 0.740. The molecule has 1 aromatic rings. The summed E-state index contributed by atoms with van der Waals surface area (Å²) in [5.74, 6) is 0.245. The number of hydrogen-bond donors (Lipinski definition) is 1. The van der Waals surface area contributed by atoms with Crippen molar-refractivity contribution in [3.8, 4) is 0 Å². The van der Waals surface area contributed by atoms with Gasteiger partial charge in [-0.15, -0.1) is 0 Å². The van der Waals surface area contributed by atoms with Crippen LogP contribution in [0, 0.1) is 0 Å². The minimum atomic E-state index is -3.11. The van der Waals surface area contributed by atoms with Gasteiger partial charge in [-0.1, -0.05) is 0 Å². The molecule has 18 heavy (non-hydrogen) atoms. The standard InChI is InChI=1S/C12H20N2O2S2/c1-13-6-2-8-18(15,16)14(12-3-4-12)9-11-5-7-17-10-11/h5,7,10,12-13H,2-4,6,8-9H2,1H3. The number of thiophene rings is 1. The zero-order chi connectivity index (χ0) is 13.0. The summed E-state index contributed by atoms with van der Waals surface area (Å²) >= 11 is 1.61. The number of hydrogen-bond acceptors (Lipinski definition) is 4.